The fourth-order valence-electron chi connectivity index (χ4n) is 3.78. The smallest absolute Gasteiger partial charge is 0.227 e. The molecule has 3 aliphatic rings. The molecule has 1 aromatic heterocycles. The molecule has 0 unspecified atom stereocenters. The van der Waals surface area contributed by atoms with Crippen LogP contribution in [0.2, 0.25) is 0 Å². The number of nitrogens with zero attached hydrogens (tertiary/aromatic N) is 4. The molecule has 1 aliphatic heterocycles. The highest BCUT2D eigenvalue weighted by atomic mass is 32.2. The van der Waals surface area contributed by atoms with Crippen molar-refractivity contribution in [1.29, 1.82) is 0 Å². The number of hydrogen-bond acceptors (Lipinski definition) is 8. The standard InChI is InChI=1S/C18H31N7O2S/c1-24-9-11-25(12-10-24)17-21-15-5-3-2-4-14(15)16(22-17)20-8-13-28(26,27)23-18(19)6-7-18/h23H,2-13,19H2,1H3,(H,20,21,22). The number of rotatable bonds is 7. The number of nitrogens with one attached hydrogen (secondary N) is 2. The second-order valence-electron chi connectivity index (χ2n) is 8.30. The summed E-state index contributed by atoms with van der Waals surface area (Å²) in [6.45, 7) is 4.11. The molecule has 2 aliphatic carbocycles. The Labute approximate surface area is 167 Å². The summed E-state index contributed by atoms with van der Waals surface area (Å²) in [5.41, 5.74) is 7.41. The molecular formula is C18H31N7O2S. The van der Waals surface area contributed by atoms with E-state index in [9.17, 15) is 8.42 Å². The van der Waals surface area contributed by atoms with Crippen LogP contribution < -0.4 is 20.7 Å². The summed E-state index contributed by atoms with van der Waals surface area (Å²) in [6, 6.07) is 0. The lowest BCUT2D eigenvalue weighted by molar-refractivity contribution is 0.311. The topological polar surface area (TPSA) is 116 Å². The van der Waals surface area contributed by atoms with Gasteiger partial charge in [0.1, 0.15) is 5.82 Å². The first-order valence-corrected chi connectivity index (χ1v) is 11.9. The summed E-state index contributed by atoms with van der Waals surface area (Å²) in [6.07, 6.45) is 5.57. The minimum Gasteiger partial charge on any atom is -0.369 e. The van der Waals surface area contributed by atoms with E-state index in [4.69, 9.17) is 15.7 Å². The second-order valence-corrected chi connectivity index (χ2v) is 10.1. The van der Waals surface area contributed by atoms with Gasteiger partial charge in [0, 0.05) is 38.3 Å². The van der Waals surface area contributed by atoms with Gasteiger partial charge in [-0.2, -0.15) is 9.71 Å². The van der Waals surface area contributed by atoms with Crippen LogP contribution >= 0.6 is 0 Å². The number of fused-ring (bicyclic) bond motifs is 1. The Hall–Kier alpha value is -1.49. The van der Waals surface area contributed by atoms with Gasteiger partial charge in [0.2, 0.25) is 16.0 Å². The van der Waals surface area contributed by atoms with Crippen molar-refractivity contribution in [2.75, 3.05) is 55.7 Å². The predicted octanol–water partition coefficient (Wildman–Crippen LogP) is -0.113. The van der Waals surface area contributed by atoms with Crippen LogP contribution in [-0.2, 0) is 22.9 Å². The highest BCUT2D eigenvalue weighted by Gasteiger charge is 2.41. The molecule has 0 spiro atoms. The molecule has 0 aromatic carbocycles. The molecule has 0 atom stereocenters. The van der Waals surface area contributed by atoms with Crippen LogP contribution in [-0.4, -0.2) is 74.5 Å². The lowest BCUT2D eigenvalue weighted by Gasteiger charge is -2.33. The SMILES string of the molecule is CN1CCN(c2nc3c(c(NCCS(=O)(=O)NC4(N)CC4)n2)CCCC3)CC1. The zero-order valence-corrected chi connectivity index (χ0v) is 17.4. The molecule has 156 valence electrons. The maximum atomic E-state index is 12.2. The average Bonchev–Trinajstić information content (AvgIpc) is 3.37. The third-order valence-corrected chi connectivity index (χ3v) is 7.23. The predicted molar refractivity (Wildman–Crippen MR) is 110 cm³/mol. The van der Waals surface area contributed by atoms with Crippen molar-refractivity contribution in [3.8, 4) is 0 Å². The van der Waals surface area contributed by atoms with E-state index in [0.717, 1.165) is 74.9 Å². The van der Waals surface area contributed by atoms with Crippen molar-refractivity contribution in [2.24, 2.45) is 5.73 Å². The van der Waals surface area contributed by atoms with Gasteiger partial charge in [0.25, 0.3) is 0 Å². The van der Waals surface area contributed by atoms with Crippen LogP contribution in [0.1, 0.15) is 36.9 Å². The normalized spacial score (nSPS) is 22.0. The van der Waals surface area contributed by atoms with E-state index in [1.807, 2.05) is 0 Å². The minimum absolute atomic E-state index is 0.0193. The van der Waals surface area contributed by atoms with Gasteiger partial charge in [0.15, 0.2) is 0 Å². The fraction of sp³-hybridized carbons (Fsp3) is 0.778. The Morgan fingerprint density at radius 1 is 1.11 bits per heavy atom. The number of hydrogen-bond donors (Lipinski definition) is 3. The molecule has 2 fully saturated rings. The maximum absolute atomic E-state index is 12.2. The molecule has 0 bridgehead atoms. The summed E-state index contributed by atoms with van der Waals surface area (Å²) in [5, 5.41) is 3.28. The van der Waals surface area contributed by atoms with Gasteiger partial charge in [-0.05, 0) is 45.6 Å². The molecule has 1 saturated heterocycles. The molecule has 0 amide bonds. The first-order valence-electron chi connectivity index (χ1n) is 10.2. The van der Waals surface area contributed by atoms with Crippen LogP contribution in [0.3, 0.4) is 0 Å². The molecule has 28 heavy (non-hydrogen) atoms. The van der Waals surface area contributed by atoms with Gasteiger partial charge in [0.05, 0.1) is 17.1 Å². The highest BCUT2D eigenvalue weighted by Crippen LogP contribution is 2.30. The van der Waals surface area contributed by atoms with E-state index >= 15 is 0 Å². The molecule has 10 heteroatoms. The zero-order valence-electron chi connectivity index (χ0n) is 16.6. The van der Waals surface area contributed by atoms with E-state index in [0.29, 0.717) is 19.4 Å². The second kappa shape index (κ2) is 7.74. The zero-order chi connectivity index (χ0) is 19.8. The maximum Gasteiger partial charge on any atom is 0.227 e. The van der Waals surface area contributed by atoms with Crippen LogP contribution in [0, 0.1) is 0 Å². The van der Waals surface area contributed by atoms with Crippen molar-refractivity contribution in [3.05, 3.63) is 11.3 Å². The van der Waals surface area contributed by atoms with E-state index in [2.05, 4.69) is 26.9 Å². The van der Waals surface area contributed by atoms with Gasteiger partial charge in [-0.3, -0.25) is 0 Å². The number of anilines is 2. The monoisotopic (exact) mass is 409 g/mol. The van der Waals surface area contributed by atoms with Gasteiger partial charge in [-0.1, -0.05) is 0 Å². The van der Waals surface area contributed by atoms with Gasteiger partial charge in [-0.15, -0.1) is 0 Å². The Morgan fingerprint density at radius 2 is 1.82 bits per heavy atom. The first-order chi connectivity index (χ1) is 13.3. The van der Waals surface area contributed by atoms with Crippen molar-refractivity contribution in [3.63, 3.8) is 0 Å². The third-order valence-electron chi connectivity index (χ3n) is 5.77. The van der Waals surface area contributed by atoms with Gasteiger partial charge >= 0.3 is 0 Å². The summed E-state index contributed by atoms with van der Waals surface area (Å²) >= 11 is 0. The van der Waals surface area contributed by atoms with Crippen LogP contribution in [0.4, 0.5) is 11.8 Å². The number of aryl methyl sites for hydroxylation is 1. The molecule has 4 N–H and O–H groups in total. The van der Waals surface area contributed by atoms with E-state index < -0.39 is 15.7 Å². The Kier molecular flexibility index (Phi) is 5.47. The van der Waals surface area contributed by atoms with E-state index in [-0.39, 0.29) is 5.75 Å². The van der Waals surface area contributed by atoms with Crippen LogP contribution in [0.5, 0.6) is 0 Å². The number of nitrogens with two attached hydrogens (primary N) is 1. The molecule has 1 aromatic rings. The summed E-state index contributed by atoms with van der Waals surface area (Å²) in [4.78, 5) is 14.2. The number of aromatic nitrogens is 2. The van der Waals surface area contributed by atoms with Crippen molar-refractivity contribution in [1.82, 2.24) is 19.6 Å². The quantitative estimate of drug-likeness (QED) is 0.534. The Balaban J connectivity index is 1.46. The van der Waals surface area contributed by atoms with Crippen LogP contribution in [0.15, 0.2) is 0 Å². The number of likely N-dealkylation sites (N-methyl/N-ethyl adjacent to an activating group) is 1. The average molecular weight is 410 g/mol. The molecule has 1 saturated carbocycles. The fourth-order valence-corrected chi connectivity index (χ4v) is 5.07. The highest BCUT2D eigenvalue weighted by molar-refractivity contribution is 7.89. The Bertz CT molecular complexity index is 817. The summed E-state index contributed by atoms with van der Waals surface area (Å²) in [5.74, 6) is 1.54. The molecular weight excluding hydrogens is 378 g/mol. The van der Waals surface area contributed by atoms with Crippen molar-refractivity contribution >= 4 is 21.8 Å². The van der Waals surface area contributed by atoms with Crippen LogP contribution in [0.25, 0.3) is 0 Å². The molecule has 2 heterocycles. The number of sulfonamides is 1. The summed E-state index contributed by atoms with van der Waals surface area (Å²) in [7, 11) is -1.28. The lowest BCUT2D eigenvalue weighted by Crippen LogP contribution is -2.45. The lowest BCUT2D eigenvalue weighted by atomic mass is 9.96. The van der Waals surface area contributed by atoms with E-state index in [1.165, 1.54) is 0 Å². The van der Waals surface area contributed by atoms with E-state index in [1.54, 1.807) is 0 Å². The van der Waals surface area contributed by atoms with Crippen molar-refractivity contribution in [2.45, 2.75) is 44.2 Å². The Morgan fingerprint density at radius 3 is 2.54 bits per heavy atom. The third kappa shape index (κ3) is 4.73. The first kappa shape index (κ1) is 19.8. The largest absolute Gasteiger partial charge is 0.369 e. The minimum atomic E-state index is -3.40. The number of piperazine rings is 1. The van der Waals surface area contributed by atoms with Gasteiger partial charge in [-0.25, -0.2) is 13.4 Å². The molecule has 9 nitrogen and oxygen atoms in total. The summed E-state index contributed by atoms with van der Waals surface area (Å²) < 4.78 is 27.1. The van der Waals surface area contributed by atoms with Crippen molar-refractivity contribution < 1.29 is 8.42 Å². The molecule has 0 radical (unpaired) electrons. The van der Waals surface area contributed by atoms with Gasteiger partial charge < -0.3 is 20.9 Å². The molecule has 4 rings (SSSR count).